The highest BCUT2D eigenvalue weighted by atomic mass is 35.5. The van der Waals surface area contributed by atoms with E-state index in [0.717, 1.165) is 23.3 Å². The van der Waals surface area contributed by atoms with Crippen molar-refractivity contribution >= 4 is 45.8 Å². The Balaban J connectivity index is 1.53. The lowest BCUT2D eigenvalue weighted by Crippen LogP contribution is -2.30. The zero-order valence-corrected chi connectivity index (χ0v) is 20.9. The third kappa shape index (κ3) is 5.71. The summed E-state index contributed by atoms with van der Waals surface area (Å²) in [7, 11) is 0. The third-order valence-corrected chi connectivity index (χ3v) is 7.24. The van der Waals surface area contributed by atoms with Gasteiger partial charge in [0.25, 0.3) is 5.91 Å². The average molecular weight is 513 g/mol. The number of rotatable bonds is 7. The van der Waals surface area contributed by atoms with Crippen molar-refractivity contribution in [3.63, 3.8) is 0 Å². The Bertz CT molecular complexity index is 1240. The van der Waals surface area contributed by atoms with E-state index in [1.165, 1.54) is 42.2 Å². The molecule has 0 radical (unpaired) electrons. The fourth-order valence-corrected chi connectivity index (χ4v) is 5.62. The van der Waals surface area contributed by atoms with Gasteiger partial charge in [0.05, 0.1) is 17.7 Å². The van der Waals surface area contributed by atoms with Gasteiger partial charge in [-0.2, -0.15) is 0 Å². The molecule has 1 N–H and O–H groups in total. The number of ether oxygens (including phenoxy) is 2. The molecule has 7 nitrogen and oxygen atoms in total. The molecular weight excluding hydrogens is 488 g/mol. The predicted molar refractivity (Wildman–Crippen MR) is 134 cm³/mol. The lowest BCUT2D eigenvalue weighted by Gasteiger charge is -2.23. The number of anilines is 1. The standard InChI is InChI=1S/C26H25ClN2O5S/c1-3-33-26(32)22-19-10-9-17(16-7-5-4-6-8-16)13-20(19)35-24(22)29-23(30)15(2)34-25(31)18-11-12-28-21(27)14-18/h4-8,11-12,14-15,17H,3,9-10,13H2,1-2H3,(H,29,30). The second-order valence-electron chi connectivity index (χ2n) is 8.18. The molecule has 0 bridgehead atoms. The van der Waals surface area contributed by atoms with E-state index in [-0.39, 0.29) is 17.3 Å². The third-order valence-electron chi connectivity index (χ3n) is 5.87. The van der Waals surface area contributed by atoms with Crippen LogP contribution in [0.5, 0.6) is 0 Å². The number of aromatic nitrogens is 1. The first-order chi connectivity index (χ1) is 16.9. The highest BCUT2D eigenvalue weighted by Crippen LogP contribution is 2.42. The molecule has 1 aliphatic rings. The molecule has 3 aromatic rings. The van der Waals surface area contributed by atoms with Crippen LogP contribution in [-0.2, 0) is 27.1 Å². The summed E-state index contributed by atoms with van der Waals surface area (Å²) in [5, 5.41) is 3.36. The van der Waals surface area contributed by atoms with Crippen molar-refractivity contribution in [1.82, 2.24) is 4.98 Å². The Hall–Kier alpha value is -3.23. The Labute approximate surface area is 212 Å². The zero-order valence-electron chi connectivity index (χ0n) is 19.4. The van der Waals surface area contributed by atoms with Crippen LogP contribution in [0.15, 0.2) is 48.7 Å². The molecule has 0 fully saturated rings. The highest BCUT2D eigenvalue weighted by molar-refractivity contribution is 7.17. The molecule has 0 aliphatic heterocycles. The van der Waals surface area contributed by atoms with Gasteiger partial charge in [0, 0.05) is 11.1 Å². The molecular formula is C26H25ClN2O5S. The minimum Gasteiger partial charge on any atom is -0.462 e. The van der Waals surface area contributed by atoms with Gasteiger partial charge in [0.2, 0.25) is 0 Å². The Morgan fingerprint density at radius 1 is 1.20 bits per heavy atom. The molecule has 0 saturated carbocycles. The molecule has 1 amide bonds. The van der Waals surface area contributed by atoms with Gasteiger partial charge in [0.1, 0.15) is 10.2 Å². The van der Waals surface area contributed by atoms with E-state index in [2.05, 4.69) is 22.4 Å². The lowest BCUT2D eigenvalue weighted by atomic mass is 9.83. The van der Waals surface area contributed by atoms with Gasteiger partial charge >= 0.3 is 11.9 Å². The lowest BCUT2D eigenvalue weighted by molar-refractivity contribution is -0.123. The van der Waals surface area contributed by atoms with Crippen molar-refractivity contribution in [2.24, 2.45) is 0 Å². The van der Waals surface area contributed by atoms with E-state index in [0.29, 0.717) is 22.9 Å². The van der Waals surface area contributed by atoms with Crippen molar-refractivity contribution in [2.75, 3.05) is 11.9 Å². The van der Waals surface area contributed by atoms with Crippen LogP contribution in [0.25, 0.3) is 0 Å². The van der Waals surface area contributed by atoms with Crippen LogP contribution in [0.1, 0.15) is 62.9 Å². The van der Waals surface area contributed by atoms with Gasteiger partial charge in [-0.1, -0.05) is 41.9 Å². The van der Waals surface area contributed by atoms with Crippen molar-refractivity contribution in [3.8, 4) is 0 Å². The van der Waals surface area contributed by atoms with E-state index >= 15 is 0 Å². The number of fused-ring (bicyclic) bond motifs is 1. The second-order valence-corrected chi connectivity index (χ2v) is 9.68. The number of benzene rings is 1. The molecule has 0 spiro atoms. The molecule has 2 aromatic heterocycles. The largest absolute Gasteiger partial charge is 0.462 e. The molecule has 2 unspecified atom stereocenters. The van der Waals surface area contributed by atoms with Crippen molar-refractivity contribution in [3.05, 3.63) is 80.9 Å². The number of amides is 1. The Morgan fingerprint density at radius 2 is 1.97 bits per heavy atom. The van der Waals surface area contributed by atoms with Crippen LogP contribution in [0, 0.1) is 0 Å². The number of carbonyl (C=O) groups is 3. The van der Waals surface area contributed by atoms with E-state index in [4.69, 9.17) is 21.1 Å². The van der Waals surface area contributed by atoms with Crippen LogP contribution in [-0.4, -0.2) is 35.5 Å². The SMILES string of the molecule is CCOC(=O)c1c(NC(=O)C(C)OC(=O)c2ccnc(Cl)c2)sc2c1CCC(c1ccccc1)C2. The van der Waals surface area contributed by atoms with Crippen LogP contribution < -0.4 is 5.32 Å². The van der Waals surface area contributed by atoms with Gasteiger partial charge < -0.3 is 14.8 Å². The number of hydrogen-bond donors (Lipinski definition) is 1. The van der Waals surface area contributed by atoms with Crippen molar-refractivity contribution in [2.45, 2.75) is 45.1 Å². The summed E-state index contributed by atoms with van der Waals surface area (Å²) in [5.74, 6) is -1.36. The summed E-state index contributed by atoms with van der Waals surface area (Å²) < 4.78 is 10.6. The molecule has 182 valence electrons. The zero-order chi connectivity index (χ0) is 24.9. The second kappa shape index (κ2) is 11.0. The maximum Gasteiger partial charge on any atom is 0.341 e. The summed E-state index contributed by atoms with van der Waals surface area (Å²) in [5.41, 5.74) is 2.76. The normalized spacial score (nSPS) is 15.6. The molecule has 9 heteroatoms. The monoisotopic (exact) mass is 512 g/mol. The van der Waals surface area contributed by atoms with Gasteiger partial charge in [-0.3, -0.25) is 4.79 Å². The highest BCUT2D eigenvalue weighted by Gasteiger charge is 2.32. The number of carbonyl (C=O) groups excluding carboxylic acids is 3. The van der Waals surface area contributed by atoms with E-state index in [1.807, 2.05) is 18.2 Å². The van der Waals surface area contributed by atoms with E-state index in [9.17, 15) is 14.4 Å². The smallest absolute Gasteiger partial charge is 0.341 e. The molecule has 0 saturated heterocycles. The summed E-state index contributed by atoms with van der Waals surface area (Å²) in [6.45, 7) is 3.44. The predicted octanol–water partition coefficient (Wildman–Crippen LogP) is 5.43. The number of hydrogen-bond acceptors (Lipinski definition) is 7. The van der Waals surface area contributed by atoms with Crippen LogP contribution in [0.3, 0.4) is 0 Å². The number of pyridine rings is 1. The van der Waals surface area contributed by atoms with Gasteiger partial charge in [-0.25, -0.2) is 14.6 Å². The molecule has 1 aromatic carbocycles. The Kier molecular flexibility index (Phi) is 7.83. The number of esters is 2. The van der Waals surface area contributed by atoms with Gasteiger partial charge in [-0.15, -0.1) is 11.3 Å². The molecule has 2 heterocycles. The quantitative estimate of drug-likeness (QED) is 0.335. The van der Waals surface area contributed by atoms with E-state index in [1.54, 1.807) is 6.92 Å². The number of nitrogens with zero attached hydrogens (tertiary/aromatic N) is 1. The van der Waals surface area contributed by atoms with Gasteiger partial charge in [-0.05, 0) is 62.3 Å². The average Bonchev–Trinajstić information content (AvgIpc) is 3.21. The first-order valence-electron chi connectivity index (χ1n) is 11.4. The summed E-state index contributed by atoms with van der Waals surface area (Å²) in [4.78, 5) is 43.0. The number of nitrogens with one attached hydrogen (secondary N) is 1. The summed E-state index contributed by atoms with van der Waals surface area (Å²) in [6, 6.07) is 13.1. The van der Waals surface area contributed by atoms with Crippen molar-refractivity contribution < 1.29 is 23.9 Å². The topological polar surface area (TPSA) is 94.6 Å². The van der Waals surface area contributed by atoms with Crippen molar-refractivity contribution in [1.29, 1.82) is 0 Å². The molecule has 2 atom stereocenters. The van der Waals surface area contributed by atoms with Crippen LogP contribution >= 0.6 is 22.9 Å². The minimum atomic E-state index is -1.10. The Morgan fingerprint density at radius 3 is 2.69 bits per heavy atom. The van der Waals surface area contributed by atoms with E-state index < -0.39 is 23.9 Å². The first kappa shape index (κ1) is 24.9. The first-order valence-corrected chi connectivity index (χ1v) is 12.6. The fourth-order valence-electron chi connectivity index (χ4n) is 4.13. The molecule has 1 aliphatic carbocycles. The maximum absolute atomic E-state index is 12.9. The maximum atomic E-state index is 12.9. The molecule has 35 heavy (non-hydrogen) atoms. The van der Waals surface area contributed by atoms with Crippen LogP contribution in [0.2, 0.25) is 5.15 Å². The molecule has 4 rings (SSSR count). The minimum absolute atomic E-state index is 0.147. The summed E-state index contributed by atoms with van der Waals surface area (Å²) >= 11 is 7.21. The number of thiophene rings is 1. The number of halogens is 1. The van der Waals surface area contributed by atoms with Crippen LogP contribution in [0.4, 0.5) is 5.00 Å². The summed E-state index contributed by atoms with van der Waals surface area (Å²) in [6.07, 6.45) is 2.67. The van der Waals surface area contributed by atoms with Gasteiger partial charge in [0.15, 0.2) is 6.10 Å². The fraction of sp³-hybridized carbons (Fsp3) is 0.308.